The average molecular weight is 291 g/mol. The van der Waals surface area contributed by atoms with Crippen LogP contribution in [0.15, 0.2) is 22.6 Å². The third kappa shape index (κ3) is 2.69. The summed E-state index contributed by atoms with van der Waals surface area (Å²) in [4.78, 5) is 0. The van der Waals surface area contributed by atoms with Crippen molar-refractivity contribution in [2.75, 3.05) is 21.3 Å². The van der Waals surface area contributed by atoms with E-state index in [4.69, 9.17) is 24.4 Å². The Kier molecular flexibility index (Phi) is 4.43. The standard InChI is InChI=1S/C16H21NO4/c1-9-8-12(10(2)21-9)14(17)11-6-7-13(18-3)16(20-5)15(11)19-4/h6-8,14H,17H2,1-5H3. The van der Waals surface area contributed by atoms with E-state index in [0.717, 1.165) is 22.6 Å². The molecule has 2 rings (SSSR count). The summed E-state index contributed by atoms with van der Waals surface area (Å²) in [5, 5.41) is 0. The molecular weight excluding hydrogens is 270 g/mol. The molecule has 0 fully saturated rings. The van der Waals surface area contributed by atoms with E-state index in [1.54, 1.807) is 21.3 Å². The van der Waals surface area contributed by atoms with Crippen molar-refractivity contribution in [1.82, 2.24) is 0 Å². The molecule has 0 aliphatic heterocycles. The quantitative estimate of drug-likeness (QED) is 0.917. The van der Waals surface area contributed by atoms with Crippen LogP contribution in [0.25, 0.3) is 0 Å². The van der Waals surface area contributed by atoms with Crippen molar-refractivity contribution in [2.24, 2.45) is 5.73 Å². The normalized spacial score (nSPS) is 12.1. The van der Waals surface area contributed by atoms with Crippen molar-refractivity contribution in [3.05, 3.63) is 40.8 Å². The Bertz CT molecular complexity index is 633. The summed E-state index contributed by atoms with van der Waals surface area (Å²) >= 11 is 0. The van der Waals surface area contributed by atoms with E-state index in [9.17, 15) is 0 Å². The second-order valence-corrected chi connectivity index (χ2v) is 4.77. The second kappa shape index (κ2) is 6.10. The van der Waals surface area contributed by atoms with Crippen LogP contribution in [-0.2, 0) is 0 Å². The van der Waals surface area contributed by atoms with Gasteiger partial charge in [-0.2, -0.15) is 0 Å². The second-order valence-electron chi connectivity index (χ2n) is 4.77. The van der Waals surface area contributed by atoms with Crippen molar-refractivity contribution in [2.45, 2.75) is 19.9 Å². The number of aryl methyl sites for hydroxylation is 2. The molecule has 1 unspecified atom stereocenters. The van der Waals surface area contributed by atoms with Crippen LogP contribution in [0, 0.1) is 13.8 Å². The van der Waals surface area contributed by atoms with E-state index in [-0.39, 0.29) is 6.04 Å². The van der Waals surface area contributed by atoms with E-state index >= 15 is 0 Å². The van der Waals surface area contributed by atoms with Gasteiger partial charge in [-0.05, 0) is 32.0 Å². The first-order valence-electron chi connectivity index (χ1n) is 6.64. The Morgan fingerprint density at radius 1 is 0.952 bits per heavy atom. The van der Waals surface area contributed by atoms with E-state index in [1.165, 1.54) is 0 Å². The molecular formula is C16H21NO4. The van der Waals surface area contributed by atoms with Gasteiger partial charge in [-0.15, -0.1) is 0 Å². The molecule has 2 N–H and O–H groups in total. The van der Waals surface area contributed by atoms with E-state index in [2.05, 4.69) is 0 Å². The van der Waals surface area contributed by atoms with Crippen LogP contribution >= 0.6 is 0 Å². The van der Waals surface area contributed by atoms with Gasteiger partial charge in [-0.3, -0.25) is 0 Å². The Labute approximate surface area is 124 Å². The van der Waals surface area contributed by atoms with Crippen molar-refractivity contribution in [1.29, 1.82) is 0 Å². The molecule has 0 amide bonds. The number of hydrogen-bond acceptors (Lipinski definition) is 5. The maximum absolute atomic E-state index is 6.39. The molecule has 1 aromatic carbocycles. The number of ether oxygens (including phenoxy) is 3. The molecule has 1 heterocycles. The first-order chi connectivity index (χ1) is 10.0. The Morgan fingerprint density at radius 2 is 1.62 bits per heavy atom. The lowest BCUT2D eigenvalue weighted by Crippen LogP contribution is -2.14. The predicted molar refractivity (Wildman–Crippen MR) is 80.3 cm³/mol. The minimum atomic E-state index is -0.364. The fourth-order valence-corrected chi connectivity index (χ4v) is 2.50. The lowest BCUT2D eigenvalue weighted by Gasteiger charge is -2.19. The van der Waals surface area contributed by atoms with Crippen molar-refractivity contribution in [3.63, 3.8) is 0 Å². The zero-order valence-corrected chi connectivity index (χ0v) is 13.0. The summed E-state index contributed by atoms with van der Waals surface area (Å²) in [5.74, 6) is 3.34. The predicted octanol–water partition coefficient (Wildman–Crippen LogP) is 2.97. The van der Waals surface area contributed by atoms with Gasteiger partial charge < -0.3 is 24.4 Å². The smallest absolute Gasteiger partial charge is 0.203 e. The number of rotatable bonds is 5. The van der Waals surface area contributed by atoms with Gasteiger partial charge in [0, 0.05) is 11.1 Å². The lowest BCUT2D eigenvalue weighted by atomic mass is 9.98. The molecule has 2 aromatic rings. The molecule has 5 heteroatoms. The molecule has 0 bridgehead atoms. The maximum atomic E-state index is 6.39. The monoisotopic (exact) mass is 291 g/mol. The summed E-state index contributed by atoms with van der Waals surface area (Å²) in [6.07, 6.45) is 0. The summed E-state index contributed by atoms with van der Waals surface area (Å²) in [6.45, 7) is 3.80. The summed E-state index contributed by atoms with van der Waals surface area (Å²) in [6, 6.07) is 5.28. The largest absolute Gasteiger partial charge is 0.493 e. The highest BCUT2D eigenvalue weighted by Gasteiger charge is 2.23. The summed E-state index contributed by atoms with van der Waals surface area (Å²) in [5.41, 5.74) is 8.13. The molecule has 0 saturated heterocycles. The molecule has 0 saturated carbocycles. The first kappa shape index (κ1) is 15.3. The zero-order chi connectivity index (χ0) is 15.6. The topological polar surface area (TPSA) is 66.9 Å². The molecule has 0 aliphatic carbocycles. The van der Waals surface area contributed by atoms with Gasteiger partial charge in [0.1, 0.15) is 11.5 Å². The molecule has 114 valence electrons. The molecule has 21 heavy (non-hydrogen) atoms. The Hall–Kier alpha value is -2.14. The van der Waals surface area contributed by atoms with E-state index in [1.807, 2.05) is 32.0 Å². The van der Waals surface area contributed by atoms with Gasteiger partial charge in [0.25, 0.3) is 0 Å². The first-order valence-corrected chi connectivity index (χ1v) is 6.64. The van der Waals surface area contributed by atoms with Crippen LogP contribution in [0.4, 0.5) is 0 Å². The van der Waals surface area contributed by atoms with Crippen LogP contribution in [0.3, 0.4) is 0 Å². The third-order valence-corrected chi connectivity index (χ3v) is 3.48. The van der Waals surface area contributed by atoms with Crippen molar-refractivity contribution >= 4 is 0 Å². The fraction of sp³-hybridized carbons (Fsp3) is 0.375. The van der Waals surface area contributed by atoms with Crippen LogP contribution in [0.2, 0.25) is 0 Å². The molecule has 1 atom stereocenters. The molecule has 5 nitrogen and oxygen atoms in total. The SMILES string of the molecule is COc1ccc(C(N)c2cc(C)oc2C)c(OC)c1OC. The third-order valence-electron chi connectivity index (χ3n) is 3.48. The molecule has 1 aromatic heterocycles. The van der Waals surface area contributed by atoms with Crippen LogP contribution < -0.4 is 19.9 Å². The number of hydrogen-bond donors (Lipinski definition) is 1. The highest BCUT2D eigenvalue weighted by atomic mass is 16.5. The van der Waals surface area contributed by atoms with E-state index in [0.29, 0.717) is 17.2 Å². The highest BCUT2D eigenvalue weighted by molar-refractivity contribution is 5.58. The van der Waals surface area contributed by atoms with Crippen molar-refractivity contribution < 1.29 is 18.6 Å². The number of nitrogens with two attached hydrogens (primary N) is 1. The Morgan fingerprint density at radius 3 is 2.10 bits per heavy atom. The van der Waals surface area contributed by atoms with Gasteiger partial charge in [-0.25, -0.2) is 0 Å². The number of furan rings is 1. The van der Waals surface area contributed by atoms with Crippen molar-refractivity contribution in [3.8, 4) is 17.2 Å². The number of benzene rings is 1. The molecule has 0 aliphatic rings. The fourth-order valence-electron chi connectivity index (χ4n) is 2.50. The minimum Gasteiger partial charge on any atom is -0.493 e. The highest BCUT2D eigenvalue weighted by Crippen LogP contribution is 2.43. The Balaban J connectivity index is 2.55. The van der Waals surface area contributed by atoms with Gasteiger partial charge in [-0.1, -0.05) is 0 Å². The molecule has 0 spiro atoms. The van der Waals surface area contributed by atoms with Gasteiger partial charge in [0.2, 0.25) is 5.75 Å². The minimum absolute atomic E-state index is 0.364. The molecule has 0 radical (unpaired) electrons. The van der Waals surface area contributed by atoms with Gasteiger partial charge in [0.05, 0.1) is 27.4 Å². The lowest BCUT2D eigenvalue weighted by molar-refractivity contribution is 0.321. The summed E-state index contributed by atoms with van der Waals surface area (Å²) < 4.78 is 21.7. The van der Waals surface area contributed by atoms with E-state index < -0.39 is 0 Å². The van der Waals surface area contributed by atoms with Crippen LogP contribution in [0.5, 0.6) is 17.2 Å². The van der Waals surface area contributed by atoms with Gasteiger partial charge in [0.15, 0.2) is 11.5 Å². The average Bonchev–Trinajstić information content (AvgIpc) is 2.83. The number of methoxy groups -OCH3 is 3. The van der Waals surface area contributed by atoms with Crippen LogP contribution in [0.1, 0.15) is 28.7 Å². The van der Waals surface area contributed by atoms with Crippen LogP contribution in [-0.4, -0.2) is 21.3 Å². The summed E-state index contributed by atoms with van der Waals surface area (Å²) in [7, 11) is 4.74. The van der Waals surface area contributed by atoms with Gasteiger partial charge >= 0.3 is 0 Å². The maximum Gasteiger partial charge on any atom is 0.203 e. The zero-order valence-electron chi connectivity index (χ0n) is 13.0.